The van der Waals surface area contributed by atoms with E-state index >= 15 is 0 Å². The minimum Gasteiger partial charge on any atom is -0.381 e. The van der Waals surface area contributed by atoms with Crippen molar-refractivity contribution in [2.75, 3.05) is 51.3 Å². The van der Waals surface area contributed by atoms with Gasteiger partial charge in [0.05, 0.1) is 6.61 Å². The standard InChI is InChI=1S/C21H31N3O2/c1-16-5-7-17(8-6-16)22-21(25)24-13-18-19(14-24)20(18)15-26-12-4-11-23-9-2-3-10-23/h5-8,18-20H,2-4,9-15H2,1H3,(H,22,25). The monoisotopic (exact) mass is 357 g/mol. The molecule has 3 aliphatic rings. The number of ether oxygens (including phenoxy) is 1. The van der Waals surface area contributed by atoms with Crippen molar-refractivity contribution < 1.29 is 9.53 Å². The SMILES string of the molecule is Cc1ccc(NC(=O)N2CC3C(COCCCN4CCCC4)C3C2)cc1. The first-order valence-corrected chi connectivity index (χ1v) is 10.1. The molecule has 5 heteroatoms. The van der Waals surface area contributed by atoms with Crippen molar-refractivity contribution in [1.82, 2.24) is 9.80 Å². The van der Waals surface area contributed by atoms with E-state index in [4.69, 9.17) is 4.74 Å². The molecule has 2 unspecified atom stereocenters. The van der Waals surface area contributed by atoms with Crippen LogP contribution < -0.4 is 5.32 Å². The van der Waals surface area contributed by atoms with E-state index in [1.165, 1.54) is 38.0 Å². The Bertz CT molecular complexity index is 600. The van der Waals surface area contributed by atoms with Crippen molar-refractivity contribution in [2.24, 2.45) is 17.8 Å². The van der Waals surface area contributed by atoms with E-state index in [1.54, 1.807) is 0 Å². The summed E-state index contributed by atoms with van der Waals surface area (Å²) in [7, 11) is 0. The van der Waals surface area contributed by atoms with Gasteiger partial charge in [0.15, 0.2) is 0 Å². The molecule has 2 aliphatic heterocycles. The molecule has 1 saturated carbocycles. The molecule has 2 amide bonds. The van der Waals surface area contributed by atoms with Crippen molar-refractivity contribution in [2.45, 2.75) is 26.2 Å². The first-order valence-electron chi connectivity index (χ1n) is 10.1. The van der Waals surface area contributed by atoms with Crippen molar-refractivity contribution in [1.29, 1.82) is 0 Å². The van der Waals surface area contributed by atoms with Crippen LogP contribution >= 0.6 is 0 Å². The van der Waals surface area contributed by atoms with E-state index in [0.29, 0.717) is 17.8 Å². The fourth-order valence-electron chi connectivity index (χ4n) is 4.52. The maximum Gasteiger partial charge on any atom is 0.321 e. The Kier molecular flexibility index (Phi) is 5.46. The Morgan fingerprint density at radius 3 is 2.54 bits per heavy atom. The van der Waals surface area contributed by atoms with Gasteiger partial charge < -0.3 is 19.9 Å². The highest BCUT2D eigenvalue weighted by Gasteiger charge is 2.56. The molecule has 1 N–H and O–H groups in total. The molecule has 5 nitrogen and oxygen atoms in total. The van der Waals surface area contributed by atoms with Crippen molar-refractivity contribution >= 4 is 11.7 Å². The number of carbonyl (C=O) groups is 1. The zero-order valence-corrected chi connectivity index (χ0v) is 15.8. The predicted octanol–water partition coefficient (Wildman–Crippen LogP) is 3.21. The first kappa shape index (κ1) is 17.8. The van der Waals surface area contributed by atoms with Crippen molar-refractivity contribution in [3.8, 4) is 0 Å². The summed E-state index contributed by atoms with van der Waals surface area (Å²) in [6.45, 7) is 9.29. The number of fused-ring (bicyclic) bond motifs is 1. The van der Waals surface area contributed by atoms with Gasteiger partial charge >= 0.3 is 6.03 Å². The molecule has 2 heterocycles. The van der Waals surface area contributed by atoms with E-state index in [1.807, 2.05) is 36.1 Å². The number of amides is 2. The van der Waals surface area contributed by atoms with Gasteiger partial charge in [-0.05, 0) is 69.2 Å². The van der Waals surface area contributed by atoms with Crippen LogP contribution in [0.25, 0.3) is 0 Å². The lowest BCUT2D eigenvalue weighted by molar-refractivity contribution is 0.103. The van der Waals surface area contributed by atoms with E-state index in [-0.39, 0.29) is 6.03 Å². The molecule has 0 radical (unpaired) electrons. The summed E-state index contributed by atoms with van der Waals surface area (Å²) in [6, 6.07) is 8.00. The number of urea groups is 1. The largest absolute Gasteiger partial charge is 0.381 e. The third-order valence-corrected chi connectivity index (χ3v) is 6.23. The lowest BCUT2D eigenvalue weighted by Crippen LogP contribution is -2.35. The summed E-state index contributed by atoms with van der Waals surface area (Å²) in [4.78, 5) is 16.9. The quantitative estimate of drug-likeness (QED) is 0.762. The molecule has 1 aliphatic carbocycles. The molecule has 1 aromatic carbocycles. The van der Waals surface area contributed by atoms with Gasteiger partial charge in [0.25, 0.3) is 0 Å². The number of anilines is 1. The number of rotatable bonds is 7. The Morgan fingerprint density at radius 1 is 1.15 bits per heavy atom. The van der Waals surface area contributed by atoms with E-state index < -0.39 is 0 Å². The van der Waals surface area contributed by atoms with Crippen LogP contribution in [0.5, 0.6) is 0 Å². The smallest absolute Gasteiger partial charge is 0.321 e. The normalized spacial score (nSPS) is 27.6. The summed E-state index contributed by atoms with van der Waals surface area (Å²) in [5, 5.41) is 3.00. The molecule has 0 spiro atoms. The van der Waals surface area contributed by atoms with Gasteiger partial charge in [0.1, 0.15) is 0 Å². The lowest BCUT2D eigenvalue weighted by Gasteiger charge is -2.20. The third-order valence-electron chi connectivity index (χ3n) is 6.23. The molecule has 4 rings (SSSR count). The summed E-state index contributed by atoms with van der Waals surface area (Å²) in [5.41, 5.74) is 2.08. The molecule has 0 aromatic heterocycles. The zero-order chi connectivity index (χ0) is 17.9. The van der Waals surface area contributed by atoms with Gasteiger partial charge in [-0.25, -0.2) is 4.79 Å². The minimum atomic E-state index is 0.0336. The van der Waals surface area contributed by atoms with Crippen LogP contribution in [0.15, 0.2) is 24.3 Å². The molecule has 3 fully saturated rings. The van der Waals surface area contributed by atoms with Gasteiger partial charge in [-0.1, -0.05) is 17.7 Å². The predicted molar refractivity (Wildman–Crippen MR) is 103 cm³/mol. The number of nitrogens with one attached hydrogen (secondary N) is 1. The van der Waals surface area contributed by atoms with Crippen LogP contribution in [0.4, 0.5) is 10.5 Å². The minimum absolute atomic E-state index is 0.0336. The van der Waals surface area contributed by atoms with Crippen LogP contribution in [0.2, 0.25) is 0 Å². The summed E-state index contributed by atoms with van der Waals surface area (Å²) < 4.78 is 5.91. The highest BCUT2D eigenvalue weighted by atomic mass is 16.5. The molecule has 1 aromatic rings. The van der Waals surface area contributed by atoms with Crippen LogP contribution in [-0.2, 0) is 4.74 Å². The first-order chi connectivity index (χ1) is 12.7. The van der Waals surface area contributed by atoms with E-state index in [2.05, 4.69) is 10.2 Å². The highest BCUT2D eigenvalue weighted by Crippen LogP contribution is 2.51. The van der Waals surface area contributed by atoms with Gasteiger partial charge in [-0.3, -0.25) is 0 Å². The second kappa shape index (κ2) is 7.97. The Labute approximate surface area is 156 Å². The van der Waals surface area contributed by atoms with Crippen LogP contribution in [0, 0.1) is 24.7 Å². The number of piperidine rings is 1. The van der Waals surface area contributed by atoms with Gasteiger partial charge in [-0.15, -0.1) is 0 Å². The lowest BCUT2D eigenvalue weighted by atomic mass is 10.2. The maximum atomic E-state index is 12.4. The summed E-state index contributed by atoms with van der Waals surface area (Å²) >= 11 is 0. The number of hydrogen-bond donors (Lipinski definition) is 1. The van der Waals surface area contributed by atoms with Crippen LogP contribution in [-0.4, -0.2) is 61.8 Å². The summed E-state index contributed by atoms with van der Waals surface area (Å²) in [5.74, 6) is 1.97. The van der Waals surface area contributed by atoms with E-state index in [0.717, 1.165) is 38.4 Å². The number of aryl methyl sites for hydroxylation is 1. The number of hydrogen-bond acceptors (Lipinski definition) is 3. The maximum absolute atomic E-state index is 12.4. The number of likely N-dealkylation sites (tertiary alicyclic amines) is 2. The Balaban J connectivity index is 1.10. The molecule has 2 atom stereocenters. The summed E-state index contributed by atoms with van der Waals surface area (Å²) in [6.07, 6.45) is 3.87. The van der Waals surface area contributed by atoms with Crippen LogP contribution in [0.1, 0.15) is 24.8 Å². The molecular weight excluding hydrogens is 326 g/mol. The fraction of sp³-hybridized carbons (Fsp3) is 0.667. The molecule has 26 heavy (non-hydrogen) atoms. The second-order valence-electron chi connectivity index (χ2n) is 8.17. The third kappa shape index (κ3) is 4.21. The zero-order valence-electron chi connectivity index (χ0n) is 15.8. The van der Waals surface area contributed by atoms with Crippen molar-refractivity contribution in [3.05, 3.63) is 29.8 Å². The Morgan fingerprint density at radius 2 is 1.85 bits per heavy atom. The average Bonchev–Trinajstić information content (AvgIpc) is 3.04. The molecule has 2 saturated heterocycles. The van der Waals surface area contributed by atoms with Gasteiger partial charge in [0.2, 0.25) is 0 Å². The fourth-order valence-corrected chi connectivity index (χ4v) is 4.52. The van der Waals surface area contributed by atoms with Crippen molar-refractivity contribution in [3.63, 3.8) is 0 Å². The average molecular weight is 357 g/mol. The van der Waals surface area contributed by atoms with Crippen LogP contribution in [0.3, 0.4) is 0 Å². The number of carbonyl (C=O) groups excluding carboxylic acids is 1. The van der Waals surface area contributed by atoms with E-state index in [9.17, 15) is 4.79 Å². The molecular formula is C21H31N3O2. The highest BCUT2D eigenvalue weighted by molar-refractivity contribution is 5.89. The Hall–Kier alpha value is -1.59. The van der Waals surface area contributed by atoms with Gasteiger partial charge in [-0.2, -0.15) is 0 Å². The number of nitrogens with zero attached hydrogens (tertiary/aromatic N) is 2. The topological polar surface area (TPSA) is 44.8 Å². The number of benzene rings is 1. The molecule has 0 bridgehead atoms. The molecule has 142 valence electrons. The van der Waals surface area contributed by atoms with Gasteiger partial charge in [0, 0.05) is 31.9 Å². The second-order valence-corrected chi connectivity index (χ2v) is 8.17.